The van der Waals surface area contributed by atoms with Crippen molar-refractivity contribution in [1.82, 2.24) is 0 Å². The first-order valence-corrected chi connectivity index (χ1v) is 24.0. The highest BCUT2D eigenvalue weighted by atomic mass is 16.8. The second kappa shape index (κ2) is 26.4. The fraction of sp³-hybridized carbons (Fsp3) is 0.547. The number of benzene rings is 3. The molecule has 0 amide bonds. The molecule has 2 aliphatic heterocycles. The highest BCUT2D eigenvalue weighted by molar-refractivity contribution is 5.98. The summed E-state index contributed by atoms with van der Waals surface area (Å²) in [6.07, 6.45) is 1.36. The van der Waals surface area contributed by atoms with Crippen molar-refractivity contribution < 1.29 is 72.8 Å². The molecule has 2 aliphatic rings. The Balaban J connectivity index is 1.30. The van der Waals surface area contributed by atoms with Crippen molar-refractivity contribution >= 4 is 23.9 Å². The maximum atomic E-state index is 13.8. The number of ether oxygens (including phenoxy) is 7. The number of esters is 1. The van der Waals surface area contributed by atoms with Gasteiger partial charge in [0.05, 0.1) is 13.2 Å². The van der Waals surface area contributed by atoms with Gasteiger partial charge in [-0.2, -0.15) is 0 Å². The van der Waals surface area contributed by atoms with Crippen LogP contribution in [-0.2, 0) is 49.3 Å². The SMILES string of the molecule is C=C(CC[C@]12O[C@H](C(=O)O)[C@@](OCCCCCCCCOc3ccccc3)(C(=O)O)[C@](C(=O)O)(O1)[C@H](OCCCCCCCCOc1ccccc1)[C@H]2O)[C@@H](OC(C)=O)[C@H](C)Cc1ccccc1. The van der Waals surface area contributed by atoms with Crippen molar-refractivity contribution in [3.05, 3.63) is 109 Å². The first kappa shape index (κ1) is 53.6. The Hall–Kier alpha value is -5.32. The van der Waals surface area contributed by atoms with Crippen molar-refractivity contribution in [3.63, 3.8) is 0 Å². The van der Waals surface area contributed by atoms with Crippen LogP contribution in [0.15, 0.2) is 103 Å². The maximum absolute atomic E-state index is 13.8. The molecule has 2 saturated heterocycles. The number of aliphatic hydroxyl groups excluding tert-OH is 1. The summed E-state index contributed by atoms with van der Waals surface area (Å²) in [5.74, 6) is -7.39. The molecule has 15 nitrogen and oxygen atoms in total. The van der Waals surface area contributed by atoms with Crippen LogP contribution in [0.5, 0.6) is 11.5 Å². The van der Waals surface area contributed by atoms with Gasteiger partial charge in [0.1, 0.15) is 29.8 Å². The number of aliphatic carboxylic acids is 3. The summed E-state index contributed by atoms with van der Waals surface area (Å²) in [6.45, 7) is 7.99. The lowest BCUT2D eigenvalue weighted by atomic mass is 9.74. The predicted octanol–water partition coefficient (Wildman–Crippen LogP) is 8.59. The van der Waals surface area contributed by atoms with E-state index in [1.165, 1.54) is 6.92 Å². The van der Waals surface area contributed by atoms with Gasteiger partial charge in [-0.25, -0.2) is 14.4 Å². The topological polar surface area (TPSA) is 214 Å². The lowest BCUT2D eigenvalue weighted by Gasteiger charge is -2.51. The number of unbranched alkanes of at least 4 members (excludes halogenated alkanes) is 10. The van der Waals surface area contributed by atoms with Crippen LogP contribution in [0.4, 0.5) is 0 Å². The zero-order chi connectivity index (χ0) is 49.0. The molecule has 15 heteroatoms. The summed E-state index contributed by atoms with van der Waals surface area (Å²) in [4.78, 5) is 53.1. The van der Waals surface area contributed by atoms with Crippen LogP contribution in [-0.4, -0.2) is 112 Å². The van der Waals surface area contributed by atoms with Crippen molar-refractivity contribution in [2.45, 2.75) is 152 Å². The van der Waals surface area contributed by atoms with Crippen LogP contribution < -0.4 is 9.47 Å². The van der Waals surface area contributed by atoms with Gasteiger partial charge in [-0.1, -0.05) is 132 Å². The lowest BCUT2D eigenvalue weighted by Crippen LogP contribution is -2.79. The molecule has 0 aliphatic carbocycles. The number of carboxylic acid groups (broad SMARTS) is 3. The smallest absolute Gasteiger partial charge is 0.343 e. The van der Waals surface area contributed by atoms with Crippen LogP contribution in [0.1, 0.15) is 109 Å². The van der Waals surface area contributed by atoms with E-state index < -0.39 is 71.7 Å². The minimum atomic E-state index is -3.21. The average molecular weight is 947 g/mol. The van der Waals surface area contributed by atoms with Crippen LogP contribution in [0, 0.1) is 5.92 Å². The van der Waals surface area contributed by atoms with E-state index in [9.17, 15) is 39.6 Å². The number of carboxylic acids is 3. The van der Waals surface area contributed by atoms with Gasteiger partial charge in [-0.3, -0.25) is 4.79 Å². The quantitative estimate of drug-likeness (QED) is 0.0256. The molecule has 3 aromatic rings. The van der Waals surface area contributed by atoms with Crippen LogP contribution in [0.2, 0.25) is 0 Å². The second-order valence-electron chi connectivity index (χ2n) is 17.8. The highest BCUT2D eigenvalue weighted by Crippen LogP contribution is 2.57. The summed E-state index contributed by atoms with van der Waals surface area (Å²) >= 11 is 0. The van der Waals surface area contributed by atoms with E-state index in [0.717, 1.165) is 68.4 Å². The summed E-state index contributed by atoms with van der Waals surface area (Å²) in [5.41, 5.74) is -4.98. The van der Waals surface area contributed by atoms with E-state index in [1.807, 2.05) is 97.9 Å². The van der Waals surface area contributed by atoms with Crippen molar-refractivity contribution in [3.8, 4) is 11.5 Å². The van der Waals surface area contributed by atoms with Gasteiger partial charge in [0.2, 0.25) is 17.3 Å². The van der Waals surface area contributed by atoms with E-state index in [0.29, 0.717) is 44.5 Å². The van der Waals surface area contributed by atoms with Gasteiger partial charge in [-0.05, 0) is 73.9 Å². The number of para-hydroxylation sites is 2. The molecule has 372 valence electrons. The minimum absolute atomic E-state index is 0.113. The molecule has 0 radical (unpaired) electrons. The standard InChI is InChI=1S/C53H70O15/c1-38(44(66-40(3)54)39(2)37-41-25-15-12-16-26-41)31-32-51-45(55)46(64-35-23-10-5-4-8-21-33-62-42-27-17-13-18-28-42)53(68-51,50(60)61)52(49(58)59,47(67-51)48(56)57)65-36-24-11-7-6-9-22-34-63-43-29-19-14-20-30-43/h12-20,25-30,39,44-47,55H,1,4-11,21-24,31-37H2,2-3H3,(H,56,57)(H,58,59)(H,60,61)/t39-,44-,45-,46-,47-,51+,52-,53+/m1/s1. The maximum Gasteiger partial charge on any atom is 0.343 e. The molecule has 2 fully saturated rings. The van der Waals surface area contributed by atoms with Gasteiger partial charge < -0.3 is 53.6 Å². The molecular weight excluding hydrogens is 877 g/mol. The fourth-order valence-electron chi connectivity index (χ4n) is 9.26. The predicted molar refractivity (Wildman–Crippen MR) is 251 cm³/mol. The van der Waals surface area contributed by atoms with Gasteiger partial charge in [-0.15, -0.1) is 0 Å². The molecule has 8 atom stereocenters. The molecule has 0 saturated carbocycles. The summed E-state index contributed by atoms with van der Waals surface area (Å²) < 4.78 is 41.8. The van der Waals surface area contributed by atoms with Crippen molar-refractivity contribution in [1.29, 1.82) is 0 Å². The van der Waals surface area contributed by atoms with E-state index in [1.54, 1.807) is 0 Å². The largest absolute Gasteiger partial charge is 0.494 e. The molecule has 4 N–H and O–H groups in total. The Labute approximate surface area is 399 Å². The Morgan fingerprint density at radius 3 is 1.65 bits per heavy atom. The molecule has 0 spiro atoms. The summed E-state index contributed by atoms with van der Waals surface area (Å²) in [7, 11) is 0. The monoisotopic (exact) mass is 946 g/mol. The first-order chi connectivity index (χ1) is 32.8. The summed E-state index contributed by atoms with van der Waals surface area (Å²) in [6, 6.07) is 28.6. The minimum Gasteiger partial charge on any atom is -0.494 e. The van der Waals surface area contributed by atoms with Crippen LogP contribution in [0.3, 0.4) is 0 Å². The molecular formula is C53H70O15. The first-order valence-electron chi connectivity index (χ1n) is 24.0. The normalized spacial score (nSPS) is 23.8. The number of hydrogen-bond donors (Lipinski definition) is 4. The van der Waals surface area contributed by atoms with Crippen LogP contribution in [0.25, 0.3) is 0 Å². The van der Waals surface area contributed by atoms with Gasteiger partial charge >= 0.3 is 23.9 Å². The number of aliphatic hydroxyl groups is 1. The third kappa shape index (κ3) is 13.7. The highest BCUT2D eigenvalue weighted by Gasteiger charge is 2.86. The molecule has 0 aromatic heterocycles. The molecule has 2 heterocycles. The van der Waals surface area contributed by atoms with Gasteiger partial charge in [0.25, 0.3) is 0 Å². The average Bonchev–Trinajstić information content (AvgIpc) is 3.53. The number of carbonyl (C=O) groups excluding carboxylic acids is 1. The Morgan fingerprint density at radius 2 is 1.16 bits per heavy atom. The molecule has 5 rings (SSSR count). The molecule has 3 aromatic carbocycles. The van der Waals surface area contributed by atoms with E-state index in [2.05, 4.69) is 6.58 Å². The number of carbonyl (C=O) groups is 4. The lowest BCUT2D eigenvalue weighted by molar-refractivity contribution is -0.380. The van der Waals surface area contributed by atoms with Crippen molar-refractivity contribution in [2.24, 2.45) is 5.92 Å². The van der Waals surface area contributed by atoms with E-state index >= 15 is 0 Å². The Kier molecular flexibility index (Phi) is 20.9. The molecule has 68 heavy (non-hydrogen) atoms. The molecule has 2 bridgehead atoms. The number of fused-ring (bicyclic) bond motifs is 2. The van der Waals surface area contributed by atoms with Gasteiger partial charge in [0.15, 0.2) is 5.79 Å². The Morgan fingerprint density at radius 1 is 0.676 bits per heavy atom. The third-order valence-corrected chi connectivity index (χ3v) is 12.7. The van der Waals surface area contributed by atoms with Crippen LogP contribution >= 0.6 is 0 Å². The second-order valence-corrected chi connectivity index (χ2v) is 17.8. The van der Waals surface area contributed by atoms with Gasteiger partial charge in [0, 0.05) is 32.5 Å². The Bertz CT molecular complexity index is 2030. The number of rotatable bonds is 33. The zero-order valence-electron chi connectivity index (χ0n) is 39.5. The molecule has 0 unspecified atom stereocenters. The fourth-order valence-corrected chi connectivity index (χ4v) is 9.26. The van der Waals surface area contributed by atoms with Crippen molar-refractivity contribution in [2.75, 3.05) is 26.4 Å². The third-order valence-electron chi connectivity index (χ3n) is 12.7. The number of hydrogen-bond acceptors (Lipinski definition) is 12. The summed E-state index contributed by atoms with van der Waals surface area (Å²) in [5, 5.41) is 45.2. The van der Waals surface area contributed by atoms with E-state index in [4.69, 9.17) is 33.2 Å². The van der Waals surface area contributed by atoms with E-state index in [-0.39, 0.29) is 32.0 Å². The zero-order valence-corrected chi connectivity index (χ0v) is 39.5.